The number of piperidine rings is 1. The normalized spacial score (nSPS) is 22.9. The van der Waals surface area contributed by atoms with Gasteiger partial charge in [0.05, 0.1) is 5.60 Å². The predicted molar refractivity (Wildman–Crippen MR) is 82.3 cm³/mol. The molecular formula is C15H26N4O. The van der Waals surface area contributed by atoms with Crippen LogP contribution in [0.15, 0.2) is 6.33 Å². The highest BCUT2D eigenvalue weighted by atomic mass is 16.3. The summed E-state index contributed by atoms with van der Waals surface area (Å²) in [6.07, 6.45) is 5.44. The highest BCUT2D eigenvalue weighted by Crippen LogP contribution is 2.29. The minimum absolute atomic E-state index is 0.620. The van der Waals surface area contributed by atoms with E-state index in [-0.39, 0.29) is 0 Å². The molecule has 20 heavy (non-hydrogen) atoms. The number of hydrogen-bond donors (Lipinski definition) is 2. The first-order valence-corrected chi connectivity index (χ1v) is 7.62. The van der Waals surface area contributed by atoms with Crippen molar-refractivity contribution in [1.29, 1.82) is 0 Å². The van der Waals surface area contributed by atoms with Crippen LogP contribution in [-0.2, 0) is 6.42 Å². The molecule has 1 aromatic rings. The molecule has 2 heterocycles. The molecule has 0 bridgehead atoms. The van der Waals surface area contributed by atoms with Crippen LogP contribution in [0.1, 0.15) is 45.6 Å². The zero-order valence-corrected chi connectivity index (χ0v) is 12.8. The highest BCUT2D eigenvalue weighted by molar-refractivity contribution is 5.59. The second kappa shape index (κ2) is 6.39. The van der Waals surface area contributed by atoms with Crippen molar-refractivity contribution < 1.29 is 5.11 Å². The number of nitrogens with one attached hydrogen (secondary N) is 1. The Morgan fingerprint density at radius 2 is 2.20 bits per heavy atom. The topological polar surface area (TPSA) is 61.3 Å². The van der Waals surface area contributed by atoms with E-state index in [0.29, 0.717) is 6.54 Å². The number of aliphatic hydroxyl groups is 1. The van der Waals surface area contributed by atoms with Gasteiger partial charge >= 0.3 is 0 Å². The van der Waals surface area contributed by atoms with Gasteiger partial charge in [0.1, 0.15) is 18.0 Å². The molecule has 0 aromatic carbocycles. The fourth-order valence-electron chi connectivity index (χ4n) is 2.80. The Bertz CT molecular complexity index is 447. The van der Waals surface area contributed by atoms with Crippen LogP contribution in [0.25, 0.3) is 0 Å². The summed E-state index contributed by atoms with van der Waals surface area (Å²) in [7, 11) is 0. The average Bonchev–Trinajstić information content (AvgIpc) is 2.43. The molecule has 1 saturated heterocycles. The van der Waals surface area contributed by atoms with Crippen LogP contribution in [-0.4, -0.2) is 40.3 Å². The van der Waals surface area contributed by atoms with E-state index in [1.165, 1.54) is 0 Å². The fourth-order valence-corrected chi connectivity index (χ4v) is 2.80. The number of aromatic nitrogens is 2. The lowest BCUT2D eigenvalue weighted by Gasteiger charge is -2.38. The second-order valence-corrected chi connectivity index (χ2v) is 5.83. The zero-order chi connectivity index (χ0) is 14.6. The summed E-state index contributed by atoms with van der Waals surface area (Å²) < 4.78 is 0. The fraction of sp³-hybridized carbons (Fsp3) is 0.733. The van der Waals surface area contributed by atoms with E-state index in [0.717, 1.165) is 56.0 Å². The van der Waals surface area contributed by atoms with Gasteiger partial charge < -0.3 is 15.3 Å². The lowest BCUT2D eigenvalue weighted by molar-refractivity contribution is 0.0446. The molecule has 0 radical (unpaired) electrons. The third-order valence-electron chi connectivity index (χ3n) is 3.79. The monoisotopic (exact) mass is 278 g/mol. The first kappa shape index (κ1) is 15.0. The number of hydrogen-bond acceptors (Lipinski definition) is 5. The third kappa shape index (κ3) is 3.39. The molecule has 0 spiro atoms. The molecule has 5 heteroatoms. The Morgan fingerprint density at radius 3 is 2.85 bits per heavy atom. The molecule has 1 aromatic heterocycles. The van der Waals surface area contributed by atoms with Crippen molar-refractivity contribution >= 4 is 11.6 Å². The van der Waals surface area contributed by atoms with Gasteiger partial charge in [-0.05, 0) is 32.6 Å². The Balaban J connectivity index is 2.26. The predicted octanol–water partition coefficient (Wildman–Crippen LogP) is 2.21. The van der Waals surface area contributed by atoms with E-state index in [2.05, 4.69) is 34.0 Å². The molecule has 1 aliphatic rings. The van der Waals surface area contributed by atoms with Crippen molar-refractivity contribution in [2.24, 2.45) is 0 Å². The summed E-state index contributed by atoms with van der Waals surface area (Å²) in [5, 5.41) is 13.7. The van der Waals surface area contributed by atoms with Crippen LogP contribution >= 0.6 is 0 Å². The van der Waals surface area contributed by atoms with E-state index < -0.39 is 5.60 Å². The standard InChI is InChI=1S/C15H26N4O/c1-4-8-16-13-12(5-2)14(18-11-17-13)19-9-6-7-15(3,20)10-19/h11,20H,4-10H2,1-3H3,(H,16,17,18). The van der Waals surface area contributed by atoms with E-state index in [9.17, 15) is 5.11 Å². The summed E-state index contributed by atoms with van der Waals surface area (Å²) in [5.74, 6) is 1.91. The van der Waals surface area contributed by atoms with E-state index in [4.69, 9.17) is 0 Å². The molecule has 1 aliphatic heterocycles. The van der Waals surface area contributed by atoms with Gasteiger partial charge in [-0.15, -0.1) is 0 Å². The van der Waals surface area contributed by atoms with Crippen LogP contribution in [0.4, 0.5) is 11.6 Å². The number of rotatable bonds is 5. The van der Waals surface area contributed by atoms with E-state index in [1.807, 2.05) is 6.92 Å². The first-order valence-electron chi connectivity index (χ1n) is 7.62. The maximum absolute atomic E-state index is 10.3. The molecule has 1 unspecified atom stereocenters. The van der Waals surface area contributed by atoms with Crippen molar-refractivity contribution in [2.45, 2.75) is 52.1 Å². The van der Waals surface area contributed by atoms with Gasteiger partial charge in [-0.3, -0.25) is 0 Å². The minimum Gasteiger partial charge on any atom is -0.388 e. The minimum atomic E-state index is -0.620. The summed E-state index contributed by atoms with van der Waals surface area (Å²) in [4.78, 5) is 11.0. The number of nitrogens with zero attached hydrogens (tertiary/aromatic N) is 3. The Hall–Kier alpha value is -1.36. The smallest absolute Gasteiger partial charge is 0.137 e. The Morgan fingerprint density at radius 1 is 1.40 bits per heavy atom. The summed E-state index contributed by atoms with van der Waals surface area (Å²) >= 11 is 0. The van der Waals surface area contributed by atoms with Crippen LogP contribution in [0, 0.1) is 0 Å². The lowest BCUT2D eigenvalue weighted by Crippen LogP contribution is -2.46. The van der Waals surface area contributed by atoms with Gasteiger partial charge in [0, 0.05) is 25.2 Å². The van der Waals surface area contributed by atoms with Crippen molar-refractivity contribution in [1.82, 2.24) is 9.97 Å². The molecule has 0 amide bonds. The van der Waals surface area contributed by atoms with Crippen LogP contribution in [0.2, 0.25) is 0 Å². The quantitative estimate of drug-likeness (QED) is 0.864. The third-order valence-corrected chi connectivity index (χ3v) is 3.79. The molecule has 0 saturated carbocycles. The van der Waals surface area contributed by atoms with Gasteiger partial charge in [0.2, 0.25) is 0 Å². The SMILES string of the molecule is CCCNc1ncnc(N2CCCC(C)(O)C2)c1CC. The Labute approximate surface area is 121 Å². The van der Waals surface area contributed by atoms with Crippen molar-refractivity contribution in [3.8, 4) is 0 Å². The second-order valence-electron chi connectivity index (χ2n) is 5.83. The van der Waals surface area contributed by atoms with Crippen LogP contribution in [0.3, 0.4) is 0 Å². The molecule has 1 fully saturated rings. The van der Waals surface area contributed by atoms with Crippen molar-refractivity contribution in [3.05, 3.63) is 11.9 Å². The average molecular weight is 278 g/mol. The summed E-state index contributed by atoms with van der Waals surface area (Å²) in [6.45, 7) is 8.69. The van der Waals surface area contributed by atoms with E-state index in [1.54, 1.807) is 6.33 Å². The molecule has 2 N–H and O–H groups in total. The molecule has 0 aliphatic carbocycles. The largest absolute Gasteiger partial charge is 0.388 e. The molecule has 2 rings (SSSR count). The lowest BCUT2D eigenvalue weighted by atomic mass is 9.95. The van der Waals surface area contributed by atoms with E-state index >= 15 is 0 Å². The first-order chi connectivity index (χ1) is 9.57. The Kier molecular flexibility index (Phi) is 4.81. The van der Waals surface area contributed by atoms with Gasteiger partial charge in [0.25, 0.3) is 0 Å². The molecule has 112 valence electrons. The molecule has 1 atom stereocenters. The van der Waals surface area contributed by atoms with Gasteiger partial charge in [-0.25, -0.2) is 9.97 Å². The summed E-state index contributed by atoms with van der Waals surface area (Å²) in [5.41, 5.74) is 0.532. The van der Waals surface area contributed by atoms with Crippen molar-refractivity contribution in [2.75, 3.05) is 29.9 Å². The number of β-amino-alcohol motifs (C(OH)–C–C–N with tert-alkyl or cyclic N) is 1. The van der Waals surface area contributed by atoms with Gasteiger partial charge in [-0.1, -0.05) is 13.8 Å². The maximum Gasteiger partial charge on any atom is 0.137 e. The number of anilines is 2. The summed E-state index contributed by atoms with van der Waals surface area (Å²) in [6, 6.07) is 0. The zero-order valence-electron chi connectivity index (χ0n) is 12.8. The van der Waals surface area contributed by atoms with Gasteiger partial charge in [0.15, 0.2) is 0 Å². The maximum atomic E-state index is 10.3. The van der Waals surface area contributed by atoms with Crippen LogP contribution in [0.5, 0.6) is 0 Å². The van der Waals surface area contributed by atoms with Gasteiger partial charge in [-0.2, -0.15) is 0 Å². The van der Waals surface area contributed by atoms with Crippen LogP contribution < -0.4 is 10.2 Å². The highest BCUT2D eigenvalue weighted by Gasteiger charge is 2.30. The van der Waals surface area contributed by atoms with Crippen molar-refractivity contribution in [3.63, 3.8) is 0 Å². The molecular weight excluding hydrogens is 252 g/mol. The molecule has 5 nitrogen and oxygen atoms in total.